The van der Waals surface area contributed by atoms with Crippen molar-refractivity contribution in [3.63, 3.8) is 0 Å². The second-order valence-corrected chi connectivity index (χ2v) is 5.07. The summed E-state index contributed by atoms with van der Waals surface area (Å²) >= 11 is 0. The zero-order valence-electron chi connectivity index (χ0n) is 11.9. The number of nitriles is 1. The van der Waals surface area contributed by atoms with Crippen molar-refractivity contribution in [3.05, 3.63) is 35.9 Å². The summed E-state index contributed by atoms with van der Waals surface area (Å²) in [6, 6.07) is 12.4. The fourth-order valence-electron chi connectivity index (χ4n) is 1.81. The van der Waals surface area contributed by atoms with Crippen LogP contribution in [-0.2, 0) is 4.74 Å². The predicted molar refractivity (Wildman–Crippen MR) is 77.7 cm³/mol. The number of nitrogens with zero attached hydrogens (tertiary/aromatic N) is 1. The molecule has 1 atom stereocenters. The average Bonchev–Trinajstić information content (AvgIpc) is 2.42. The molecule has 1 unspecified atom stereocenters. The molecular weight excluding hydrogens is 236 g/mol. The first-order chi connectivity index (χ1) is 9.24. The van der Waals surface area contributed by atoms with Gasteiger partial charge in [-0.05, 0) is 17.9 Å². The highest BCUT2D eigenvalue weighted by Crippen LogP contribution is 2.15. The Bertz CT molecular complexity index is 370. The molecule has 0 saturated heterocycles. The molecule has 0 amide bonds. The molecule has 0 fully saturated rings. The van der Waals surface area contributed by atoms with Gasteiger partial charge in [-0.2, -0.15) is 5.26 Å². The lowest BCUT2D eigenvalue weighted by atomic mass is 10.0. The van der Waals surface area contributed by atoms with E-state index in [0.29, 0.717) is 18.9 Å². The lowest BCUT2D eigenvalue weighted by Gasteiger charge is -2.16. The highest BCUT2D eigenvalue weighted by molar-refractivity contribution is 5.19. The van der Waals surface area contributed by atoms with Crippen LogP contribution in [0, 0.1) is 17.2 Å². The summed E-state index contributed by atoms with van der Waals surface area (Å²) in [5.41, 5.74) is 1.16. The lowest BCUT2D eigenvalue weighted by Crippen LogP contribution is -2.25. The van der Waals surface area contributed by atoms with Crippen LogP contribution in [0.1, 0.15) is 38.3 Å². The highest BCUT2D eigenvalue weighted by Gasteiger charge is 2.09. The largest absolute Gasteiger partial charge is 0.380 e. The first-order valence-electron chi connectivity index (χ1n) is 6.97. The zero-order chi connectivity index (χ0) is 13.9. The monoisotopic (exact) mass is 260 g/mol. The van der Waals surface area contributed by atoms with E-state index in [1.807, 2.05) is 18.2 Å². The van der Waals surface area contributed by atoms with E-state index in [0.717, 1.165) is 25.1 Å². The van der Waals surface area contributed by atoms with Crippen molar-refractivity contribution in [2.75, 3.05) is 19.8 Å². The van der Waals surface area contributed by atoms with Crippen LogP contribution in [0.25, 0.3) is 0 Å². The molecule has 1 N–H and O–H groups in total. The van der Waals surface area contributed by atoms with Gasteiger partial charge in [0.05, 0.1) is 19.1 Å². The Kier molecular flexibility index (Phi) is 7.88. The van der Waals surface area contributed by atoms with Crippen LogP contribution in [0.5, 0.6) is 0 Å². The van der Waals surface area contributed by atoms with Crippen LogP contribution in [0.2, 0.25) is 0 Å². The third-order valence-electron chi connectivity index (χ3n) is 2.97. The van der Waals surface area contributed by atoms with Gasteiger partial charge in [0.1, 0.15) is 0 Å². The summed E-state index contributed by atoms with van der Waals surface area (Å²) in [5.74, 6) is 0.684. The van der Waals surface area contributed by atoms with E-state index in [9.17, 15) is 0 Å². The third kappa shape index (κ3) is 6.95. The van der Waals surface area contributed by atoms with Gasteiger partial charge in [0.15, 0.2) is 0 Å². The van der Waals surface area contributed by atoms with Gasteiger partial charge in [0.25, 0.3) is 0 Å². The number of nitrogens with one attached hydrogen (secondary N) is 1. The Labute approximate surface area is 116 Å². The molecule has 1 aromatic carbocycles. The molecule has 3 nitrogen and oxygen atoms in total. The van der Waals surface area contributed by atoms with E-state index < -0.39 is 0 Å². The topological polar surface area (TPSA) is 45.0 Å². The van der Waals surface area contributed by atoms with E-state index >= 15 is 0 Å². The molecule has 0 radical (unpaired) electrons. The standard InChI is InChI=1S/C16H24N2O/c1-14(2)9-12-19-13-11-18-16(8-10-17)15-6-4-3-5-7-15/h3-7,14,16,18H,8-9,11-13H2,1-2H3. The van der Waals surface area contributed by atoms with Crippen molar-refractivity contribution in [1.29, 1.82) is 5.26 Å². The van der Waals surface area contributed by atoms with E-state index in [1.165, 1.54) is 0 Å². The van der Waals surface area contributed by atoms with Crippen molar-refractivity contribution in [2.45, 2.75) is 32.7 Å². The Balaban J connectivity index is 2.26. The van der Waals surface area contributed by atoms with Crippen molar-refractivity contribution in [3.8, 4) is 6.07 Å². The zero-order valence-corrected chi connectivity index (χ0v) is 11.9. The van der Waals surface area contributed by atoms with Gasteiger partial charge in [-0.25, -0.2) is 0 Å². The summed E-state index contributed by atoms with van der Waals surface area (Å²) in [7, 11) is 0. The van der Waals surface area contributed by atoms with Crippen LogP contribution < -0.4 is 5.32 Å². The summed E-state index contributed by atoms with van der Waals surface area (Å²) in [5, 5.41) is 12.3. The highest BCUT2D eigenvalue weighted by atomic mass is 16.5. The summed E-state index contributed by atoms with van der Waals surface area (Å²) < 4.78 is 5.56. The van der Waals surface area contributed by atoms with Gasteiger partial charge in [0, 0.05) is 19.2 Å². The maximum atomic E-state index is 8.88. The Morgan fingerprint density at radius 3 is 2.58 bits per heavy atom. The van der Waals surface area contributed by atoms with Crippen molar-refractivity contribution >= 4 is 0 Å². The first kappa shape index (κ1) is 15.7. The molecule has 19 heavy (non-hydrogen) atoms. The summed E-state index contributed by atoms with van der Waals surface area (Å²) in [4.78, 5) is 0. The van der Waals surface area contributed by atoms with Gasteiger partial charge in [-0.3, -0.25) is 0 Å². The third-order valence-corrected chi connectivity index (χ3v) is 2.97. The van der Waals surface area contributed by atoms with E-state index in [-0.39, 0.29) is 6.04 Å². The van der Waals surface area contributed by atoms with Gasteiger partial charge < -0.3 is 10.1 Å². The van der Waals surface area contributed by atoms with Gasteiger partial charge in [0.2, 0.25) is 0 Å². The molecule has 0 saturated carbocycles. The fraction of sp³-hybridized carbons (Fsp3) is 0.562. The molecule has 0 aromatic heterocycles. The molecule has 0 aliphatic carbocycles. The second kappa shape index (κ2) is 9.55. The molecule has 0 aliphatic heterocycles. The maximum absolute atomic E-state index is 8.88. The van der Waals surface area contributed by atoms with Crippen LogP contribution in [0.3, 0.4) is 0 Å². The number of hydrogen-bond donors (Lipinski definition) is 1. The predicted octanol–water partition coefficient (Wildman–Crippen LogP) is 3.29. The molecule has 3 heteroatoms. The fourth-order valence-corrected chi connectivity index (χ4v) is 1.81. The molecule has 1 aromatic rings. The molecule has 1 rings (SSSR count). The minimum atomic E-state index is 0.0971. The molecule has 0 heterocycles. The van der Waals surface area contributed by atoms with Crippen LogP contribution >= 0.6 is 0 Å². The first-order valence-corrected chi connectivity index (χ1v) is 6.97. The van der Waals surface area contributed by atoms with Gasteiger partial charge >= 0.3 is 0 Å². The Morgan fingerprint density at radius 2 is 1.95 bits per heavy atom. The number of hydrogen-bond acceptors (Lipinski definition) is 3. The van der Waals surface area contributed by atoms with E-state index in [1.54, 1.807) is 0 Å². The smallest absolute Gasteiger partial charge is 0.0641 e. The van der Waals surface area contributed by atoms with Crippen LogP contribution in [0.4, 0.5) is 0 Å². The molecule has 104 valence electrons. The van der Waals surface area contributed by atoms with E-state index in [2.05, 4.69) is 37.4 Å². The maximum Gasteiger partial charge on any atom is 0.0641 e. The van der Waals surface area contributed by atoms with Crippen molar-refractivity contribution < 1.29 is 4.74 Å². The van der Waals surface area contributed by atoms with Crippen LogP contribution in [0.15, 0.2) is 30.3 Å². The van der Waals surface area contributed by atoms with Crippen molar-refractivity contribution in [2.24, 2.45) is 5.92 Å². The minimum absolute atomic E-state index is 0.0971. The van der Waals surface area contributed by atoms with Crippen molar-refractivity contribution in [1.82, 2.24) is 5.32 Å². The second-order valence-electron chi connectivity index (χ2n) is 5.07. The molecule has 0 spiro atoms. The number of rotatable bonds is 9. The summed E-state index contributed by atoms with van der Waals surface area (Å²) in [6.07, 6.45) is 1.58. The van der Waals surface area contributed by atoms with Gasteiger partial charge in [-0.1, -0.05) is 44.2 Å². The van der Waals surface area contributed by atoms with Crippen LogP contribution in [-0.4, -0.2) is 19.8 Å². The molecule has 0 aliphatic rings. The van der Waals surface area contributed by atoms with Gasteiger partial charge in [-0.15, -0.1) is 0 Å². The normalized spacial score (nSPS) is 12.3. The Morgan fingerprint density at radius 1 is 1.21 bits per heavy atom. The number of benzene rings is 1. The number of ether oxygens (including phenoxy) is 1. The Hall–Kier alpha value is -1.37. The minimum Gasteiger partial charge on any atom is -0.380 e. The average molecular weight is 260 g/mol. The lowest BCUT2D eigenvalue weighted by molar-refractivity contribution is 0.123. The SMILES string of the molecule is CC(C)CCOCCNC(CC#N)c1ccccc1. The summed E-state index contributed by atoms with van der Waals surface area (Å²) in [6.45, 7) is 6.67. The molecular formula is C16H24N2O. The van der Waals surface area contributed by atoms with E-state index in [4.69, 9.17) is 10.00 Å². The quantitative estimate of drug-likeness (QED) is 0.693. The molecule has 0 bridgehead atoms.